The molecule has 1 N–H and O–H groups in total. The average Bonchev–Trinajstić information content (AvgIpc) is 3.27. The molecule has 0 radical (unpaired) electrons. The van der Waals surface area contributed by atoms with Crippen molar-refractivity contribution in [3.8, 4) is 0 Å². The molecule has 0 spiro atoms. The first-order chi connectivity index (χ1) is 14.2. The summed E-state index contributed by atoms with van der Waals surface area (Å²) in [6, 6.07) is 17.4. The van der Waals surface area contributed by atoms with Crippen LogP contribution >= 0.6 is 34.7 Å². The van der Waals surface area contributed by atoms with Gasteiger partial charge in [-0.25, -0.2) is 5.01 Å². The van der Waals surface area contributed by atoms with Gasteiger partial charge in [0.05, 0.1) is 5.36 Å². The number of halogens is 1. The van der Waals surface area contributed by atoms with Crippen molar-refractivity contribution in [3.05, 3.63) is 92.1 Å². The van der Waals surface area contributed by atoms with Crippen LogP contribution in [0.1, 0.15) is 17.3 Å². The summed E-state index contributed by atoms with van der Waals surface area (Å²) in [5.41, 5.74) is 2.65. The molecule has 1 amide bonds. The highest BCUT2D eigenvalue weighted by atomic mass is 35.5. The lowest BCUT2D eigenvalue weighted by Gasteiger charge is -2.33. The first-order valence-corrected chi connectivity index (χ1v) is 11.3. The topological polar surface area (TPSA) is 57.1 Å². The summed E-state index contributed by atoms with van der Waals surface area (Å²) in [7, 11) is 0. The number of rotatable bonds is 3. The van der Waals surface area contributed by atoms with E-state index in [1.54, 1.807) is 16.3 Å². The second-order valence-electron chi connectivity index (χ2n) is 6.54. The zero-order valence-electron chi connectivity index (χ0n) is 15.1. The van der Waals surface area contributed by atoms with E-state index in [2.05, 4.69) is 5.32 Å². The van der Waals surface area contributed by atoms with Crippen molar-refractivity contribution in [1.29, 1.82) is 0 Å². The number of carbonyl (C=O) groups is 1. The third-order valence-corrected chi connectivity index (χ3v) is 6.53. The highest BCUT2D eigenvalue weighted by molar-refractivity contribution is 8.13. The first-order valence-electron chi connectivity index (χ1n) is 8.95. The normalized spacial score (nSPS) is 17.8. The first kappa shape index (κ1) is 18.4. The van der Waals surface area contributed by atoms with E-state index in [0.29, 0.717) is 21.6 Å². The molecule has 1 atom stereocenters. The number of nitrogens with one attached hydrogen (secondary N) is 1. The summed E-state index contributed by atoms with van der Waals surface area (Å²) >= 11 is 9.04. The van der Waals surface area contributed by atoms with E-state index in [4.69, 9.17) is 21.7 Å². The number of hydrogen-bond donors (Lipinski definition) is 1. The summed E-state index contributed by atoms with van der Waals surface area (Å²) in [6.45, 7) is 0. The van der Waals surface area contributed by atoms with Crippen molar-refractivity contribution in [1.82, 2.24) is 10.3 Å². The maximum atomic E-state index is 13.0. The minimum atomic E-state index is -0.358. The third kappa shape index (κ3) is 3.57. The average molecular weight is 439 g/mol. The molecule has 2 aromatic carbocycles. The summed E-state index contributed by atoms with van der Waals surface area (Å²) in [5, 5.41) is 16.3. The SMILES string of the molecule is O=C1NC(SCc2ccc(Cl)cc2)=NN2C1=c1ccccc1=N[C@@H]2c1ccsc1. The maximum Gasteiger partial charge on any atom is 0.276 e. The summed E-state index contributed by atoms with van der Waals surface area (Å²) in [5.74, 6) is 0.511. The number of para-hydroxylation sites is 1. The fraction of sp³-hybridized carbons (Fsp3) is 0.0952. The van der Waals surface area contributed by atoms with Crippen molar-refractivity contribution in [2.75, 3.05) is 0 Å². The van der Waals surface area contributed by atoms with Gasteiger partial charge in [-0.15, -0.1) is 5.10 Å². The Morgan fingerprint density at radius 3 is 2.76 bits per heavy atom. The second kappa shape index (κ2) is 7.67. The lowest BCUT2D eigenvalue weighted by Crippen LogP contribution is -2.50. The van der Waals surface area contributed by atoms with Crippen molar-refractivity contribution < 1.29 is 4.79 Å². The van der Waals surface area contributed by atoms with Gasteiger partial charge in [0.15, 0.2) is 11.3 Å². The predicted octanol–water partition coefficient (Wildman–Crippen LogP) is 3.48. The maximum absolute atomic E-state index is 13.0. The molecule has 0 aliphatic carbocycles. The fourth-order valence-corrected chi connectivity index (χ4v) is 4.87. The summed E-state index contributed by atoms with van der Waals surface area (Å²) < 4.78 is 0. The number of amides is 1. The van der Waals surface area contributed by atoms with Crippen LogP contribution in [0.2, 0.25) is 5.02 Å². The number of fused-ring (bicyclic) bond motifs is 2. The molecule has 5 nitrogen and oxygen atoms in total. The fourth-order valence-electron chi connectivity index (χ4n) is 3.26. The monoisotopic (exact) mass is 438 g/mol. The van der Waals surface area contributed by atoms with Gasteiger partial charge in [-0.3, -0.25) is 15.1 Å². The Hall–Kier alpha value is -2.61. The Morgan fingerprint density at radius 1 is 1.14 bits per heavy atom. The number of nitrogens with zero attached hydrogens (tertiary/aromatic N) is 3. The van der Waals surface area contributed by atoms with Gasteiger partial charge in [0.2, 0.25) is 0 Å². The van der Waals surface area contributed by atoms with Gasteiger partial charge in [-0.05, 0) is 40.6 Å². The van der Waals surface area contributed by atoms with Crippen LogP contribution in [0.25, 0.3) is 5.70 Å². The Labute approximate surface area is 180 Å². The summed E-state index contributed by atoms with van der Waals surface area (Å²) in [6.07, 6.45) is -0.358. The largest absolute Gasteiger partial charge is 0.298 e. The van der Waals surface area contributed by atoms with E-state index >= 15 is 0 Å². The van der Waals surface area contributed by atoms with Gasteiger partial charge in [0, 0.05) is 21.6 Å². The molecule has 1 aromatic heterocycles. The van der Waals surface area contributed by atoms with E-state index in [0.717, 1.165) is 21.7 Å². The lowest BCUT2D eigenvalue weighted by molar-refractivity contribution is -0.116. The van der Waals surface area contributed by atoms with E-state index in [-0.39, 0.29) is 12.1 Å². The Bertz CT molecular complexity index is 1220. The number of hydrogen-bond acceptors (Lipinski definition) is 6. The molecule has 0 saturated carbocycles. The molecular formula is C21H15ClN4OS2. The van der Waals surface area contributed by atoms with Crippen LogP contribution in [-0.2, 0) is 10.5 Å². The van der Waals surface area contributed by atoms with Crippen LogP contribution < -0.4 is 15.9 Å². The predicted molar refractivity (Wildman–Crippen MR) is 118 cm³/mol. The number of amidine groups is 1. The minimum absolute atomic E-state index is 0.166. The molecule has 2 aliphatic heterocycles. The molecular weight excluding hydrogens is 424 g/mol. The van der Waals surface area contributed by atoms with E-state index in [1.807, 2.05) is 65.4 Å². The molecule has 144 valence electrons. The van der Waals surface area contributed by atoms with Crippen LogP contribution in [0, 0.1) is 0 Å². The molecule has 8 heteroatoms. The molecule has 0 fully saturated rings. The second-order valence-corrected chi connectivity index (χ2v) is 8.72. The Kier molecular flexibility index (Phi) is 4.87. The number of thioether (sulfide) groups is 1. The quantitative estimate of drug-likeness (QED) is 0.681. The minimum Gasteiger partial charge on any atom is -0.298 e. The highest BCUT2D eigenvalue weighted by Crippen LogP contribution is 2.32. The molecule has 29 heavy (non-hydrogen) atoms. The van der Waals surface area contributed by atoms with Crippen molar-refractivity contribution in [2.45, 2.75) is 11.9 Å². The molecule has 0 bridgehead atoms. The van der Waals surface area contributed by atoms with Crippen LogP contribution in [0.3, 0.4) is 0 Å². The van der Waals surface area contributed by atoms with Crippen LogP contribution in [-0.4, -0.2) is 16.1 Å². The molecule has 0 unspecified atom stereocenters. The van der Waals surface area contributed by atoms with Crippen LogP contribution in [0.4, 0.5) is 0 Å². The van der Waals surface area contributed by atoms with Gasteiger partial charge in [-0.2, -0.15) is 11.3 Å². The van der Waals surface area contributed by atoms with Gasteiger partial charge in [-0.1, -0.05) is 53.7 Å². The molecule has 3 heterocycles. The van der Waals surface area contributed by atoms with E-state index < -0.39 is 0 Å². The summed E-state index contributed by atoms with van der Waals surface area (Å²) in [4.78, 5) is 17.9. The molecule has 2 aliphatic rings. The smallest absolute Gasteiger partial charge is 0.276 e. The van der Waals surface area contributed by atoms with Crippen molar-refractivity contribution in [3.63, 3.8) is 0 Å². The molecule has 0 saturated heterocycles. The third-order valence-electron chi connectivity index (χ3n) is 4.65. The van der Waals surface area contributed by atoms with Crippen LogP contribution in [0.5, 0.6) is 0 Å². The number of benzene rings is 2. The zero-order chi connectivity index (χ0) is 19.8. The van der Waals surface area contributed by atoms with E-state index in [9.17, 15) is 4.79 Å². The van der Waals surface area contributed by atoms with Gasteiger partial charge < -0.3 is 0 Å². The Morgan fingerprint density at radius 2 is 1.97 bits per heavy atom. The molecule has 5 rings (SSSR count). The zero-order valence-corrected chi connectivity index (χ0v) is 17.5. The molecule has 3 aromatic rings. The number of carbonyl (C=O) groups excluding carboxylic acids is 1. The lowest BCUT2D eigenvalue weighted by atomic mass is 10.1. The van der Waals surface area contributed by atoms with Crippen molar-refractivity contribution in [2.24, 2.45) is 10.1 Å². The van der Waals surface area contributed by atoms with Gasteiger partial charge >= 0.3 is 0 Å². The van der Waals surface area contributed by atoms with Gasteiger partial charge in [0.25, 0.3) is 5.91 Å². The highest BCUT2D eigenvalue weighted by Gasteiger charge is 2.34. The van der Waals surface area contributed by atoms with Gasteiger partial charge in [0.1, 0.15) is 5.70 Å². The standard InChI is InChI=1S/C21H15ClN4OS2/c22-15-7-5-13(6-8-15)11-29-21-24-20(27)18-16-3-1-2-4-17(16)23-19(26(18)25-21)14-9-10-28-12-14/h1-10,12,19H,11H2,(H,24,25,27)/t19-/m0/s1. The Balaban J connectivity index is 1.53. The number of hydrazone groups is 1. The van der Waals surface area contributed by atoms with Crippen LogP contribution in [0.15, 0.2) is 75.5 Å². The van der Waals surface area contributed by atoms with Crippen molar-refractivity contribution >= 4 is 51.5 Å². The van der Waals surface area contributed by atoms with E-state index in [1.165, 1.54) is 11.8 Å². The number of thiophene rings is 1.